The first-order valence-electron chi connectivity index (χ1n) is 7.11. The van der Waals surface area contributed by atoms with Crippen molar-refractivity contribution >= 4 is 34.8 Å². The van der Waals surface area contributed by atoms with Crippen molar-refractivity contribution in [2.24, 2.45) is 0 Å². The summed E-state index contributed by atoms with van der Waals surface area (Å²) in [4.78, 5) is 23.2. The highest BCUT2D eigenvalue weighted by molar-refractivity contribution is 6.31. The maximum Gasteiger partial charge on any atom is 0.225 e. The molecule has 1 aliphatic rings. The van der Waals surface area contributed by atoms with Gasteiger partial charge in [0.05, 0.1) is 5.02 Å². The lowest BCUT2D eigenvalue weighted by molar-refractivity contribution is -0.116. The molecule has 0 aliphatic carbocycles. The van der Waals surface area contributed by atoms with Crippen LogP contribution in [0, 0.1) is 5.82 Å². The number of rotatable bonds is 2. The first-order chi connectivity index (χ1) is 11.0. The highest BCUT2D eigenvalue weighted by Crippen LogP contribution is 2.41. The Labute approximate surface area is 137 Å². The van der Waals surface area contributed by atoms with E-state index in [9.17, 15) is 14.0 Å². The van der Waals surface area contributed by atoms with Crippen molar-refractivity contribution in [2.45, 2.75) is 19.3 Å². The van der Waals surface area contributed by atoms with Gasteiger partial charge in [-0.3, -0.25) is 9.59 Å². The maximum atomic E-state index is 13.7. The van der Waals surface area contributed by atoms with Crippen LogP contribution < -0.4 is 10.6 Å². The van der Waals surface area contributed by atoms with E-state index in [0.717, 1.165) is 5.56 Å². The molecule has 4 nitrogen and oxygen atoms in total. The standard InChI is InChI=1S/C17H14ClFN2O2/c1-9(22)20-10-5-6-11-13(8-16(23)21-15(11)7-10)12-3-2-4-14(19)17(12)18/h2-7,13H,8H2,1H3,(H,20,22)(H,21,23). The molecular weight excluding hydrogens is 319 g/mol. The Kier molecular flexibility index (Phi) is 4.05. The zero-order valence-electron chi connectivity index (χ0n) is 12.3. The lowest BCUT2D eigenvalue weighted by Gasteiger charge is -2.27. The molecule has 23 heavy (non-hydrogen) atoms. The van der Waals surface area contributed by atoms with Gasteiger partial charge in [0.15, 0.2) is 0 Å². The third kappa shape index (κ3) is 3.05. The number of hydrogen-bond donors (Lipinski definition) is 2. The van der Waals surface area contributed by atoms with Gasteiger partial charge in [0.25, 0.3) is 0 Å². The number of carbonyl (C=O) groups excluding carboxylic acids is 2. The van der Waals surface area contributed by atoms with E-state index in [1.807, 2.05) is 6.07 Å². The number of carbonyl (C=O) groups is 2. The largest absolute Gasteiger partial charge is 0.326 e. The molecule has 0 fully saturated rings. The number of nitrogens with one attached hydrogen (secondary N) is 2. The molecule has 2 aromatic carbocycles. The summed E-state index contributed by atoms with van der Waals surface area (Å²) in [6, 6.07) is 9.84. The molecule has 0 aromatic heterocycles. The number of hydrogen-bond acceptors (Lipinski definition) is 2. The summed E-state index contributed by atoms with van der Waals surface area (Å²) in [5.41, 5.74) is 2.60. The van der Waals surface area contributed by atoms with E-state index in [0.29, 0.717) is 16.9 Å². The summed E-state index contributed by atoms with van der Waals surface area (Å²) in [6.07, 6.45) is 0.190. The summed E-state index contributed by atoms with van der Waals surface area (Å²) in [5, 5.41) is 5.48. The van der Waals surface area contributed by atoms with Crippen LogP contribution in [0.15, 0.2) is 36.4 Å². The lowest BCUT2D eigenvalue weighted by atomic mass is 9.84. The van der Waals surface area contributed by atoms with Gasteiger partial charge < -0.3 is 10.6 Å². The van der Waals surface area contributed by atoms with Gasteiger partial charge in [0.2, 0.25) is 11.8 Å². The van der Waals surface area contributed by atoms with Crippen molar-refractivity contribution in [1.29, 1.82) is 0 Å². The zero-order chi connectivity index (χ0) is 16.6. The fraction of sp³-hybridized carbons (Fsp3) is 0.176. The summed E-state index contributed by atoms with van der Waals surface area (Å²) < 4.78 is 13.7. The number of fused-ring (bicyclic) bond motifs is 1. The van der Waals surface area contributed by atoms with Crippen molar-refractivity contribution in [3.05, 3.63) is 58.4 Å². The smallest absolute Gasteiger partial charge is 0.225 e. The van der Waals surface area contributed by atoms with Gasteiger partial charge in [-0.2, -0.15) is 0 Å². The monoisotopic (exact) mass is 332 g/mol. The average molecular weight is 333 g/mol. The van der Waals surface area contributed by atoms with Crippen LogP contribution in [0.5, 0.6) is 0 Å². The van der Waals surface area contributed by atoms with Crippen LogP contribution in [0.3, 0.4) is 0 Å². The van der Waals surface area contributed by atoms with E-state index < -0.39 is 5.82 Å². The Morgan fingerprint density at radius 2 is 2.09 bits per heavy atom. The van der Waals surface area contributed by atoms with E-state index in [-0.39, 0.29) is 29.2 Å². The molecule has 0 saturated heterocycles. The number of anilines is 2. The molecule has 1 heterocycles. The third-order valence-corrected chi connectivity index (χ3v) is 4.17. The van der Waals surface area contributed by atoms with Crippen LogP contribution in [-0.4, -0.2) is 11.8 Å². The topological polar surface area (TPSA) is 58.2 Å². The molecule has 2 N–H and O–H groups in total. The second kappa shape index (κ2) is 6.01. The Balaban J connectivity index is 2.07. The van der Waals surface area contributed by atoms with Crippen LogP contribution in [0.1, 0.15) is 30.4 Å². The number of amides is 2. The van der Waals surface area contributed by atoms with E-state index in [1.165, 1.54) is 13.0 Å². The molecule has 2 aromatic rings. The molecule has 0 spiro atoms. The quantitative estimate of drug-likeness (QED) is 0.876. The molecule has 3 rings (SSSR count). The Bertz CT molecular complexity index is 807. The minimum atomic E-state index is -0.508. The van der Waals surface area contributed by atoms with Gasteiger partial charge in [-0.15, -0.1) is 0 Å². The van der Waals surface area contributed by atoms with Gasteiger partial charge in [-0.25, -0.2) is 4.39 Å². The predicted octanol–water partition coefficient (Wildman–Crippen LogP) is 3.91. The molecule has 118 valence electrons. The second-order valence-corrected chi connectivity index (χ2v) is 5.81. The Morgan fingerprint density at radius 3 is 2.83 bits per heavy atom. The van der Waals surface area contributed by atoms with Crippen LogP contribution in [0.2, 0.25) is 5.02 Å². The second-order valence-electron chi connectivity index (χ2n) is 5.43. The first-order valence-corrected chi connectivity index (χ1v) is 7.49. The molecule has 2 amide bonds. The van der Waals surface area contributed by atoms with E-state index in [1.54, 1.807) is 24.3 Å². The fourth-order valence-corrected chi connectivity index (χ4v) is 3.07. The molecular formula is C17H14ClFN2O2. The van der Waals surface area contributed by atoms with Gasteiger partial charge in [-0.05, 0) is 29.3 Å². The molecule has 6 heteroatoms. The first kappa shape index (κ1) is 15.5. The molecule has 1 aliphatic heterocycles. The summed E-state index contributed by atoms with van der Waals surface area (Å²) in [7, 11) is 0. The minimum Gasteiger partial charge on any atom is -0.326 e. The normalized spacial score (nSPS) is 16.5. The Hall–Kier alpha value is -2.40. The van der Waals surface area contributed by atoms with Crippen LogP contribution in [0.25, 0.3) is 0 Å². The van der Waals surface area contributed by atoms with Gasteiger partial charge >= 0.3 is 0 Å². The number of benzene rings is 2. The molecule has 0 bridgehead atoms. The highest BCUT2D eigenvalue weighted by Gasteiger charge is 2.28. The van der Waals surface area contributed by atoms with Gasteiger partial charge in [-0.1, -0.05) is 29.8 Å². The molecule has 0 radical (unpaired) electrons. The zero-order valence-corrected chi connectivity index (χ0v) is 13.1. The van der Waals surface area contributed by atoms with Crippen LogP contribution >= 0.6 is 11.6 Å². The van der Waals surface area contributed by atoms with Crippen molar-refractivity contribution < 1.29 is 14.0 Å². The Morgan fingerprint density at radius 1 is 1.30 bits per heavy atom. The summed E-state index contributed by atoms with van der Waals surface area (Å²) in [5.74, 6) is -1.21. The van der Waals surface area contributed by atoms with E-state index in [2.05, 4.69) is 10.6 Å². The van der Waals surface area contributed by atoms with Gasteiger partial charge in [0.1, 0.15) is 5.82 Å². The molecule has 1 atom stereocenters. The summed E-state index contributed by atoms with van der Waals surface area (Å²) >= 11 is 6.08. The van der Waals surface area contributed by atoms with Crippen molar-refractivity contribution in [2.75, 3.05) is 10.6 Å². The van der Waals surface area contributed by atoms with Crippen LogP contribution in [-0.2, 0) is 9.59 Å². The lowest BCUT2D eigenvalue weighted by Crippen LogP contribution is -2.24. The average Bonchev–Trinajstić information content (AvgIpc) is 2.48. The van der Waals surface area contributed by atoms with Crippen molar-refractivity contribution in [3.63, 3.8) is 0 Å². The third-order valence-electron chi connectivity index (χ3n) is 3.77. The minimum absolute atomic E-state index is 0.0316. The number of halogens is 2. The van der Waals surface area contributed by atoms with Gasteiger partial charge in [0, 0.05) is 30.6 Å². The van der Waals surface area contributed by atoms with Crippen molar-refractivity contribution in [3.8, 4) is 0 Å². The highest BCUT2D eigenvalue weighted by atomic mass is 35.5. The fourth-order valence-electron chi connectivity index (χ4n) is 2.81. The van der Waals surface area contributed by atoms with E-state index >= 15 is 0 Å². The summed E-state index contributed by atoms with van der Waals surface area (Å²) in [6.45, 7) is 1.41. The van der Waals surface area contributed by atoms with E-state index in [4.69, 9.17) is 11.6 Å². The van der Waals surface area contributed by atoms with Crippen molar-refractivity contribution in [1.82, 2.24) is 0 Å². The molecule has 0 saturated carbocycles. The predicted molar refractivity (Wildman–Crippen MR) is 87.2 cm³/mol. The maximum absolute atomic E-state index is 13.7. The SMILES string of the molecule is CC(=O)Nc1ccc2c(c1)NC(=O)CC2c1cccc(F)c1Cl. The molecule has 1 unspecified atom stereocenters. The van der Waals surface area contributed by atoms with Crippen LogP contribution in [0.4, 0.5) is 15.8 Å².